The highest BCUT2D eigenvalue weighted by molar-refractivity contribution is 7.09. The molecule has 1 aromatic heterocycles. The van der Waals surface area contributed by atoms with E-state index < -0.39 is 0 Å². The fourth-order valence-corrected chi connectivity index (χ4v) is 2.99. The average molecular weight is 272 g/mol. The van der Waals surface area contributed by atoms with Gasteiger partial charge in [-0.25, -0.2) is 4.98 Å². The van der Waals surface area contributed by atoms with Gasteiger partial charge in [0.15, 0.2) is 0 Å². The normalized spacial score (nSPS) is 14.8. The van der Waals surface area contributed by atoms with Crippen LogP contribution < -0.4 is 5.32 Å². The zero-order chi connectivity index (χ0) is 13.1. The molecule has 0 atom stereocenters. The predicted octanol–water partition coefficient (Wildman–Crippen LogP) is 3.66. The summed E-state index contributed by atoms with van der Waals surface area (Å²) in [5, 5.41) is 6.83. The summed E-state index contributed by atoms with van der Waals surface area (Å²) in [6, 6.07) is 9.03. The zero-order valence-electron chi connectivity index (χ0n) is 11.4. The van der Waals surface area contributed by atoms with Crippen molar-refractivity contribution in [3.8, 4) is 0 Å². The molecule has 100 valence electrons. The largest absolute Gasteiger partial charge is 0.312 e. The SMILES string of the molecule is Cc1nc(CCNCc2cccc(C3CC3)c2)cs1. The summed E-state index contributed by atoms with van der Waals surface area (Å²) in [7, 11) is 0. The molecule has 1 aliphatic carbocycles. The van der Waals surface area contributed by atoms with E-state index in [0.717, 1.165) is 30.4 Å². The van der Waals surface area contributed by atoms with Gasteiger partial charge in [-0.05, 0) is 36.8 Å². The number of aromatic nitrogens is 1. The molecule has 1 N–H and O–H groups in total. The molecule has 1 aromatic carbocycles. The molecule has 1 saturated carbocycles. The topological polar surface area (TPSA) is 24.9 Å². The van der Waals surface area contributed by atoms with E-state index in [2.05, 4.69) is 46.9 Å². The van der Waals surface area contributed by atoms with Crippen LogP contribution in [0.3, 0.4) is 0 Å². The molecule has 0 saturated heterocycles. The molecule has 0 aliphatic heterocycles. The van der Waals surface area contributed by atoms with E-state index in [0.29, 0.717) is 0 Å². The van der Waals surface area contributed by atoms with Gasteiger partial charge in [-0.15, -0.1) is 11.3 Å². The van der Waals surface area contributed by atoms with Crippen LogP contribution in [0.4, 0.5) is 0 Å². The van der Waals surface area contributed by atoms with Gasteiger partial charge in [0.05, 0.1) is 10.7 Å². The minimum Gasteiger partial charge on any atom is -0.312 e. The molecule has 3 heteroatoms. The summed E-state index contributed by atoms with van der Waals surface area (Å²) >= 11 is 1.73. The van der Waals surface area contributed by atoms with E-state index in [9.17, 15) is 0 Å². The van der Waals surface area contributed by atoms with Gasteiger partial charge in [-0.1, -0.05) is 24.3 Å². The van der Waals surface area contributed by atoms with Gasteiger partial charge >= 0.3 is 0 Å². The Morgan fingerprint density at radius 3 is 3.00 bits per heavy atom. The predicted molar refractivity (Wildman–Crippen MR) is 80.7 cm³/mol. The molecule has 1 fully saturated rings. The fraction of sp³-hybridized carbons (Fsp3) is 0.438. The number of nitrogens with one attached hydrogen (secondary N) is 1. The Balaban J connectivity index is 1.45. The molecular formula is C16H20N2S. The summed E-state index contributed by atoms with van der Waals surface area (Å²) in [5.74, 6) is 0.845. The number of nitrogens with zero attached hydrogens (tertiary/aromatic N) is 1. The lowest BCUT2D eigenvalue weighted by molar-refractivity contribution is 0.680. The second-order valence-corrected chi connectivity index (χ2v) is 6.37. The van der Waals surface area contributed by atoms with Crippen molar-refractivity contribution < 1.29 is 0 Å². The second-order valence-electron chi connectivity index (χ2n) is 5.30. The van der Waals surface area contributed by atoms with Crippen LogP contribution >= 0.6 is 11.3 Å². The standard InChI is InChI=1S/C16H20N2S/c1-12-18-16(11-19-12)7-8-17-10-13-3-2-4-15(9-13)14-5-6-14/h2-4,9,11,14,17H,5-8,10H2,1H3. The first-order valence-electron chi connectivity index (χ1n) is 7.02. The summed E-state index contributed by atoms with van der Waals surface area (Å²) in [6.07, 6.45) is 3.77. The van der Waals surface area contributed by atoms with Crippen molar-refractivity contribution in [1.29, 1.82) is 0 Å². The molecule has 1 aliphatic rings. The number of rotatable bonds is 6. The third kappa shape index (κ3) is 3.64. The van der Waals surface area contributed by atoms with E-state index in [-0.39, 0.29) is 0 Å². The van der Waals surface area contributed by atoms with Crippen LogP contribution in [0.5, 0.6) is 0 Å². The number of benzene rings is 1. The molecule has 19 heavy (non-hydrogen) atoms. The highest BCUT2D eigenvalue weighted by Crippen LogP contribution is 2.40. The lowest BCUT2D eigenvalue weighted by atomic mass is 10.1. The van der Waals surface area contributed by atoms with Crippen molar-refractivity contribution in [3.05, 3.63) is 51.5 Å². The van der Waals surface area contributed by atoms with Gasteiger partial charge in [0, 0.05) is 24.9 Å². The first-order chi connectivity index (χ1) is 9.31. The number of hydrogen-bond donors (Lipinski definition) is 1. The Labute approximate surface area is 118 Å². The summed E-state index contributed by atoms with van der Waals surface area (Å²) in [4.78, 5) is 4.48. The Morgan fingerprint density at radius 2 is 2.26 bits per heavy atom. The monoisotopic (exact) mass is 272 g/mol. The number of aryl methyl sites for hydroxylation is 1. The third-order valence-corrected chi connectivity index (χ3v) is 4.38. The maximum atomic E-state index is 4.48. The Kier molecular flexibility index (Phi) is 3.95. The van der Waals surface area contributed by atoms with E-state index >= 15 is 0 Å². The lowest BCUT2D eigenvalue weighted by Crippen LogP contribution is -2.16. The van der Waals surface area contributed by atoms with Gasteiger partial charge < -0.3 is 5.32 Å². The van der Waals surface area contributed by atoms with Crippen LogP contribution in [0.1, 0.15) is 40.6 Å². The summed E-state index contributed by atoms with van der Waals surface area (Å²) < 4.78 is 0. The Bertz CT molecular complexity index is 543. The molecule has 1 heterocycles. The van der Waals surface area contributed by atoms with E-state index in [1.807, 2.05) is 0 Å². The first kappa shape index (κ1) is 12.8. The fourth-order valence-electron chi connectivity index (χ4n) is 2.35. The van der Waals surface area contributed by atoms with Crippen molar-refractivity contribution in [2.24, 2.45) is 0 Å². The Hall–Kier alpha value is -1.19. The van der Waals surface area contributed by atoms with Gasteiger partial charge in [-0.3, -0.25) is 0 Å². The van der Waals surface area contributed by atoms with Crippen molar-refractivity contribution >= 4 is 11.3 Å². The maximum Gasteiger partial charge on any atom is 0.0897 e. The van der Waals surface area contributed by atoms with Crippen LogP contribution in [0.2, 0.25) is 0 Å². The smallest absolute Gasteiger partial charge is 0.0897 e. The van der Waals surface area contributed by atoms with Crippen LogP contribution in [0.15, 0.2) is 29.6 Å². The third-order valence-electron chi connectivity index (χ3n) is 3.55. The maximum absolute atomic E-state index is 4.48. The molecule has 0 bridgehead atoms. The minimum atomic E-state index is 0.845. The van der Waals surface area contributed by atoms with Gasteiger partial charge in [0.25, 0.3) is 0 Å². The first-order valence-corrected chi connectivity index (χ1v) is 7.90. The summed E-state index contributed by atoms with van der Waals surface area (Å²) in [5.41, 5.74) is 4.13. The van der Waals surface area contributed by atoms with E-state index in [1.54, 1.807) is 11.3 Å². The molecule has 2 nitrogen and oxygen atoms in total. The van der Waals surface area contributed by atoms with Crippen LogP contribution in [-0.2, 0) is 13.0 Å². The second kappa shape index (κ2) is 5.85. The van der Waals surface area contributed by atoms with Crippen LogP contribution in [0, 0.1) is 6.92 Å². The van der Waals surface area contributed by atoms with Crippen molar-refractivity contribution in [1.82, 2.24) is 10.3 Å². The van der Waals surface area contributed by atoms with Crippen molar-refractivity contribution in [3.63, 3.8) is 0 Å². The van der Waals surface area contributed by atoms with E-state index in [1.165, 1.54) is 29.7 Å². The van der Waals surface area contributed by atoms with Crippen molar-refractivity contribution in [2.45, 2.75) is 38.6 Å². The molecule has 0 amide bonds. The van der Waals surface area contributed by atoms with E-state index in [4.69, 9.17) is 0 Å². The molecule has 0 unspecified atom stereocenters. The quantitative estimate of drug-likeness (QED) is 0.812. The van der Waals surface area contributed by atoms with Crippen LogP contribution in [0.25, 0.3) is 0 Å². The van der Waals surface area contributed by atoms with Crippen molar-refractivity contribution in [2.75, 3.05) is 6.54 Å². The van der Waals surface area contributed by atoms with Gasteiger partial charge in [-0.2, -0.15) is 0 Å². The molecule has 0 spiro atoms. The zero-order valence-corrected chi connectivity index (χ0v) is 12.2. The van der Waals surface area contributed by atoms with Gasteiger partial charge in [0.2, 0.25) is 0 Å². The molecule has 2 aromatic rings. The molecule has 3 rings (SSSR count). The highest BCUT2D eigenvalue weighted by Gasteiger charge is 2.23. The number of thiazole rings is 1. The van der Waals surface area contributed by atoms with Crippen LogP contribution in [-0.4, -0.2) is 11.5 Å². The highest BCUT2D eigenvalue weighted by atomic mass is 32.1. The minimum absolute atomic E-state index is 0.845. The molecular weight excluding hydrogens is 252 g/mol. The average Bonchev–Trinajstić information content (AvgIpc) is 3.19. The lowest BCUT2D eigenvalue weighted by Gasteiger charge is -2.06. The summed E-state index contributed by atoms with van der Waals surface area (Å²) in [6.45, 7) is 4.02. The molecule has 0 radical (unpaired) electrons. The Morgan fingerprint density at radius 1 is 1.37 bits per heavy atom. The van der Waals surface area contributed by atoms with Gasteiger partial charge in [0.1, 0.15) is 0 Å². The number of hydrogen-bond acceptors (Lipinski definition) is 3.